The van der Waals surface area contributed by atoms with Gasteiger partial charge in [0.2, 0.25) is 0 Å². The van der Waals surface area contributed by atoms with Gasteiger partial charge in [0.1, 0.15) is 0 Å². The van der Waals surface area contributed by atoms with Gasteiger partial charge in [-0.05, 0) is 30.4 Å². The zero-order valence-electron chi connectivity index (χ0n) is 7.64. The van der Waals surface area contributed by atoms with Gasteiger partial charge in [-0.15, -0.1) is 0 Å². The molecule has 1 heterocycles. The first-order chi connectivity index (χ1) is 6.36. The quantitative estimate of drug-likeness (QED) is 0.585. The SMILES string of the molecule is NC1C2=C(CC=C2)NC2=C1CCC2. The van der Waals surface area contributed by atoms with Crippen molar-refractivity contribution in [3.63, 3.8) is 0 Å². The van der Waals surface area contributed by atoms with Crippen LogP contribution in [0.2, 0.25) is 0 Å². The topological polar surface area (TPSA) is 38.0 Å². The number of nitrogens with two attached hydrogens (primary N) is 1. The summed E-state index contributed by atoms with van der Waals surface area (Å²) in [7, 11) is 0. The molecule has 3 N–H and O–H groups in total. The molecule has 13 heavy (non-hydrogen) atoms. The van der Waals surface area contributed by atoms with E-state index in [2.05, 4.69) is 17.5 Å². The van der Waals surface area contributed by atoms with E-state index in [-0.39, 0.29) is 6.04 Å². The lowest BCUT2D eigenvalue weighted by Crippen LogP contribution is -2.32. The summed E-state index contributed by atoms with van der Waals surface area (Å²) < 4.78 is 0. The monoisotopic (exact) mass is 174 g/mol. The van der Waals surface area contributed by atoms with E-state index in [1.54, 1.807) is 0 Å². The summed E-state index contributed by atoms with van der Waals surface area (Å²) in [5.41, 5.74) is 11.7. The lowest BCUT2D eigenvalue weighted by Gasteiger charge is -2.25. The molecule has 68 valence electrons. The van der Waals surface area contributed by atoms with Crippen LogP contribution in [0, 0.1) is 0 Å². The van der Waals surface area contributed by atoms with Gasteiger partial charge < -0.3 is 11.1 Å². The minimum atomic E-state index is 0.187. The predicted molar refractivity (Wildman–Crippen MR) is 52.8 cm³/mol. The molecule has 0 bridgehead atoms. The molecular formula is C11H14N2. The number of hydrogen-bond donors (Lipinski definition) is 2. The van der Waals surface area contributed by atoms with Crippen molar-refractivity contribution in [3.05, 3.63) is 34.7 Å². The molecule has 0 saturated carbocycles. The van der Waals surface area contributed by atoms with E-state index >= 15 is 0 Å². The van der Waals surface area contributed by atoms with Crippen molar-refractivity contribution in [3.8, 4) is 0 Å². The second kappa shape index (κ2) is 2.48. The average Bonchev–Trinajstić information content (AvgIpc) is 2.71. The van der Waals surface area contributed by atoms with Gasteiger partial charge in [-0.1, -0.05) is 12.2 Å². The van der Waals surface area contributed by atoms with Gasteiger partial charge in [-0.25, -0.2) is 0 Å². The summed E-state index contributed by atoms with van der Waals surface area (Å²) in [6.45, 7) is 0. The lowest BCUT2D eigenvalue weighted by molar-refractivity contribution is 0.774. The number of nitrogens with one attached hydrogen (secondary N) is 1. The molecule has 3 aliphatic rings. The van der Waals surface area contributed by atoms with Crippen molar-refractivity contribution >= 4 is 0 Å². The molecule has 0 saturated heterocycles. The van der Waals surface area contributed by atoms with Crippen LogP contribution in [0.3, 0.4) is 0 Å². The smallest absolute Gasteiger partial charge is 0.0548 e. The fourth-order valence-electron chi connectivity index (χ4n) is 2.56. The molecule has 0 aromatic rings. The van der Waals surface area contributed by atoms with Crippen LogP contribution in [0.15, 0.2) is 34.7 Å². The van der Waals surface area contributed by atoms with E-state index < -0.39 is 0 Å². The van der Waals surface area contributed by atoms with Crippen LogP contribution in [0.5, 0.6) is 0 Å². The van der Waals surface area contributed by atoms with Crippen molar-refractivity contribution in [2.75, 3.05) is 0 Å². The summed E-state index contributed by atoms with van der Waals surface area (Å²) >= 11 is 0. The maximum Gasteiger partial charge on any atom is 0.0548 e. The summed E-state index contributed by atoms with van der Waals surface area (Å²) in [6.07, 6.45) is 9.07. The van der Waals surface area contributed by atoms with Crippen LogP contribution in [0.1, 0.15) is 25.7 Å². The standard InChI is InChI=1S/C11H14N2/c12-11-7-3-1-5-9(7)13-10-6-2-4-8(10)11/h1,3,11,13H,2,4-6,12H2. The third-order valence-electron chi connectivity index (χ3n) is 3.24. The predicted octanol–water partition coefficient (Wildman–Crippen LogP) is 1.57. The van der Waals surface area contributed by atoms with Crippen LogP contribution in [0.4, 0.5) is 0 Å². The number of rotatable bonds is 0. The van der Waals surface area contributed by atoms with Gasteiger partial charge in [0.05, 0.1) is 6.04 Å². The first-order valence-electron chi connectivity index (χ1n) is 5.00. The van der Waals surface area contributed by atoms with Crippen molar-refractivity contribution in [1.29, 1.82) is 0 Å². The maximum absolute atomic E-state index is 6.20. The molecule has 2 aliphatic carbocycles. The van der Waals surface area contributed by atoms with Gasteiger partial charge >= 0.3 is 0 Å². The van der Waals surface area contributed by atoms with E-state index in [4.69, 9.17) is 5.73 Å². The number of allylic oxidation sites excluding steroid dienone is 2. The van der Waals surface area contributed by atoms with Gasteiger partial charge in [0.25, 0.3) is 0 Å². The van der Waals surface area contributed by atoms with Crippen LogP contribution in [-0.2, 0) is 0 Å². The lowest BCUT2D eigenvalue weighted by atomic mass is 9.95. The third kappa shape index (κ3) is 0.923. The van der Waals surface area contributed by atoms with Crippen molar-refractivity contribution in [1.82, 2.24) is 5.32 Å². The van der Waals surface area contributed by atoms with E-state index in [1.165, 1.54) is 41.8 Å². The Bertz CT molecular complexity index is 347. The molecule has 1 atom stereocenters. The first-order valence-corrected chi connectivity index (χ1v) is 5.00. The number of hydrogen-bond acceptors (Lipinski definition) is 2. The highest BCUT2D eigenvalue weighted by Gasteiger charge is 2.29. The Balaban J connectivity index is 2.01. The van der Waals surface area contributed by atoms with Crippen LogP contribution in [0.25, 0.3) is 0 Å². The molecule has 1 unspecified atom stereocenters. The summed E-state index contributed by atoms with van der Waals surface area (Å²) in [5, 5.41) is 3.52. The van der Waals surface area contributed by atoms with Crippen LogP contribution < -0.4 is 11.1 Å². The molecule has 1 aliphatic heterocycles. The normalized spacial score (nSPS) is 30.7. The van der Waals surface area contributed by atoms with E-state index in [9.17, 15) is 0 Å². The Morgan fingerprint density at radius 3 is 3.15 bits per heavy atom. The molecule has 0 aromatic carbocycles. The highest BCUT2D eigenvalue weighted by atomic mass is 14.9. The van der Waals surface area contributed by atoms with Gasteiger partial charge in [-0.2, -0.15) is 0 Å². The molecule has 0 spiro atoms. The average molecular weight is 174 g/mol. The molecule has 3 rings (SSSR count). The summed E-state index contributed by atoms with van der Waals surface area (Å²) in [6, 6.07) is 0.187. The Morgan fingerprint density at radius 1 is 1.31 bits per heavy atom. The zero-order valence-corrected chi connectivity index (χ0v) is 7.64. The molecule has 0 amide bonds. The van der Waals surface area contributed by atoms with Crippen LogP contribution >= 0.6 is 0 Å². The Labute approximate surface area is 78.2 Å². The van der Waals surface area contributed by atoms with Crippen molar-refractivity contribution in [2.24, 2.45) is 5.73 Å². The van der Waals surface area contributed by atoms with Crippen LogP contribution in [-0.4, -0.2) is 6.04 Å². The molecule has 2 heteroatoms. The number of dihydropyridines is 1. The zero-order chi connectivity index (χ0) is 8.84. The molecule has 0 radical (unpaired) electrons. The fourth-order valence-corrected chi connectivity index (χ4v) is 2.56. The van der Waals surface area contributed by atoms with E-state index in [0.29, 0.717) is 0 Å². The largest absolute Gasteiger partial charge is 0.362 e. The van der Waals surface area contributed by atoms with E-state index in [1.807, 2.05) is 0 Å². The molecule has 2 nitrogen and oxygen atoms in total. The summed E-state index contributed by atoms with van der Waals surface area (Å²) in [4.78, 5) is 0. The van der Waals surface area contributed by atoms with Gasteiger partial charge in [0, 0.05) is 17.8 Å². The van der Waals surface area contributed by atoms with Crippen molar-refractivity contribution < 1.29 is 0 Å². The van der Waals surface area contributed by atoms with Gasteiger partial charge in [0.15, 0.2) is 0 Å². The molecular weight excluding hydrogens is 160 g/mol. The summed E-state index contributed by atoms with van der Waals surface area (Å²) in [5.74, 6) is 0. The molecule has 0 aromatic heterocycles. The van der Waals surface area contributed by atoms with Crippen molar-refractivity contribution in [2.45, 2.75) is 31.7 Å². The second-order valence-corrected chi connectivity index (χ2v) is 4.00. The van der Waals surface area contributed by atoms with Gasteiger partial charge in [-0.3, -0.25) is 0 Å². The first kappa shape index (κ1) is 7.39. The second-order valence-electron chi connectivity index (χ2n) is 4.00. The van der Waals surface area contributed by atoms with E-state index in [0.717, 1.165) is 6.42 Å². The molecule has 0 fully saturated rings. The highest BCUT2D eigenvalue weighted by Crippen LogP contribution is 2.36. The Kier molecular flexibility index (Phi) is 1.41. The Morgan fingerprint density at radius 2 is 2.23 bits per heavy atom. The Hall–Kier alpha value is -1.02. The maximum atomic E-state index is 6.20. The third-order valence-corrected chi connectivity index (χ3v) is 3.24. The fraction of sp³-hybridized carbons (Fsp3) is 0.455. The minimum absolute atomic E-state index is 0.187. The highest BCUT2D eigenvalue weighted by molar-refractivity contribution is 5.48. The minimum Gasteiger partial charge on any atom is -0.362 e.